The topological polar surface area (TPSA) is 120 Å². The van der Waals surface area contributed by atoms with Gasteiger partial charge in [-0.05, 0) is 36.0 Å². The van der Waals surface area contributed by atoms with Crippen LogP contribution in [0, 0.1) is 11.3 Å². The van der Waals surface area contributed by atoms with Gasteiger partial charge >= 0.3 is 6.03 Å². The van der Waals surface area contributed by atoms with E-state index in [-0.39, 0.29) is 6.54 Å². The van der Waals surface area contributed by atoms with E-state index in [4.69, 9.17) is 21.5 Å². The van der Waals surface area contributed by atoms with Gasteiger partial charge in [0.2, 0.25) is 5.91 Å². The van der Waals surface area contributed by atoms with E-state index >= 15 is 0 Å². The van der Waals surface area contributed by atoms with Crippen LogP contribution in [0.15, 0.2) is 18.2 Å². The first-order chi connectivity index (χ1) is 15.5. The quantitative estimate of drug-likeness (QED) is 0.315. The van der Waals surface area contributed by atoms with Gasteiger partial charge in [-0.15, -0.1) is 0 Å². The summed E-state index contributed by atoms with van der Waals surface area (Å²) in [6.07, 6.45) is 5.34. The molecule has 0 radical (unpaired) electrons. The molecule has 1 aromatic carbocycles. The Bertz CT molecular complexity index is 837. The van der Waals surface area contributed by atoms with Crippen molar-refractivity contribution in [2.75, 3.05) is 25.5 Å². The number of ether oxygens (including phenoxy) is 1. The van der Waals surface area contributed by atoms with Gasteiger partial charge in [0.1, 0.15) is 18.3 Å². The number of rotatable bonds is 9. The molecule has 33 heavy (non-hydrogen) atoms. The van der Waals surface area contributed by atoms with Gasteiger partial charge in [0, 0.05) is 11.6 Å². The second-order valence-electron chi connectivity index (χ2n) is 9.48. The molecule has 4 amide bonds. The third-order valence-electron chi connectivity index (χ3n) is 5.85. The maximum Gasteiger partial charge on any atom is 0.320 e. The third kappa shape index (κ3) is 8.08. The van der Waals surface area contributed by atoms with Crippen molar-refractivity contribution < 1.29 is 24.3 Å². The largest absolute Gasteiger partial charge is 0.495 e. The summed E-state index contributed by atoms with van der Waals surface area (Å²) in [4.78, 5) is 39.6. The molecule has 1 atom stereocenters. The number of benzene rings is 1. The Labute approximate surface area is 200 Å². The van der Waals surface area contributed by atoms with Gasteiger partial charge in [-0.1, -0.05) is 58.1 Å². The highest BCUT2D eigenvalue weighted by Crippen LogP contribution is 2.29. The van der Waals surface area contributed by atoms with E-state index in [2.05, 4.69) is 10.6 Å². The number of anilines is 1. The fourth-order valence-electron chi connectivity index (χ4n) is 4.01. The first-order valence-electron chi connectivity index (χ1n) is 11.2. The average molecular weight is 483 g/mol. The lowest BCUT2D eigenvalue weighted by Crippen LogP contribution is -2.57. The number of hydrogen-bond acceptors (Lipinski definition) is 5. The fraction of sp³-hybridized carbons (Fsp3) is 0.609. The van der Waals surface area contributed by atoms with Crippen molar-refractivity contribution in [3.63, 3.8) is 0 Å². The zero-order valence-corrected chi connectivity index (χ0v) is 20.5. The highest BCUT2D eigenvalue weighted by molar-refractivity contribution is 6.31. The van der Waals surface area contributed by atoms with Crippen molar-refractivity contribution in [2.45, 2.75) is 58.9 Å². The Morgan fingerprint density at radius 2 is 1.91 bits per heavy atom. The Morgan fingerprint density at radius 1 is 1.24 bits per heavy atom. The molecule has 1 aliphatic rings. The molecular formula is C23H35ClN4O5. The number of carbonyl (C=O) groups excluding carboxylic acids is 3. The minimum absolute atomic E-state index is 0.292. The molecule has 10 heteroatoms. The summed E-state index contributed by atoms with van der Waals surface area (Å²) in [7, 11) is 1.47. The highest BCUT2D eigenvalue weighted by atomic mass is 35.5. The molecule has 1 aliphatic carbocycles. The molecule has 0 saturated heterocycles. The molecule has 0 spiro atoms. The lowest BCUT2D eigenvalue weighted by atomic mass is 9.85. The van der Waals surface area contributed by atoms with Crippen LogP contribution in [0.4, 0.5) is 10.5 Å². The zero-order chi connectivity index (χ0) is 24.6. The van der Waals surface area contributed by atoms with Gasteiger partial charge in [0.25, 0.3) is 5.91 Å². The first-order valence-corrected chi connectivity index (χ1v) is 11.6. The molecule has 2 rings (SSSR count). The molecule has 0 aromatic heterocycles. The predicted octanol–water partition coefficient (Wildman–Crippen LogP) is 3.80. The molecule has 1 fully saturated rings. The maximum atomic E-state index is 13.5. The first kappa shape index (κ1) is 26.7. The second kappa shape index (κ2) is 12.1. The van der Waals surface area contributed by atoms with E-state index in [0.717, 1.165) is 19.3 Å². The van der Waals surface area contributed by atoms with Crippen LogP contribution in [-0.4, -0.2) is 54.2 Å². The summed E-state index contributed by atoms with van der Waals surface area (Å²) in [6.45, 7) is 5.57. The van der Waals surface area contributed by atoms with Crippen LogP contribution < -0.4 is 20.9 Å². The smallest absolute Gasteiger partial charge is 0.320 e. The second-order valence-corrected chi connectivity index (χ2v) is 9.91. The van der Waals surface area contributed by atoms with Crippen molar-refractivity contribution in [1.29, 1.82) is 0 Å². The monoisotopic (exact) mass is 482 g/mol. The Kier molecular flexibility index (Phi) is 9.79. The molecule has 184 valence electrons. The molecule has 0 aliphatic heterocycles. The molecule has 1 saturated carbocycles. The molecule has 0 bridgehead atoms. The Morgan fingerprint density at radius 3 is 2.48 bits per heavy atom. The van der Waals surface area contributed by atoms with E-state index in [1.807, 2.05) is 20.8 Å². The number of amides is 4. The number of nitrogens with zero attached hydrogens (tertiary/aromatic N) is 1. The van der Waals surface area contributed by atoms with Crippen molar-refractivity contribution in [3.05, 3.63) is 23.2 Å². The third-order valence-corrected chi connectivity index (χ3v) is 6.09. The van der Waals surface area contributed by atoms with Crippen LogP contribution in [-0.2, 0) is 9.59 Å². The van der Waals surface area contributed by atoms with Crippen LogP contribution in [0.25, 0.3) is 0 Å². The number of hydroxylamine groups is 1. The lowest BCUT2D eigenvalue weighted by molar-refractivity contribution is -0.142. The van der Waals surface area contributed by atoms with Crippen LogP contribution >= 0.6 is 11.6 Å². The van der Waals surface area contributed by atoms with Gasteiger partial charge in [-0.25, -0.2) is 10.3 Å². The van der Waals surface area contributed by atoms with Gasteiger partial charge < -0.3 is 20.3 Å². The summed E-state index contributed by atoms with van der Waals surface area (Å²) in [5.74, 6) is -0.143. The molecule has 1 unspecified atom stereocenters. The predicted molar refractivity (Wildman–Crippen MR) is 126 cm³/mol. The Hall–Kier alpha value is -2.52. The Balaban J connectivity index is 2.17. The van der Waals surface area contributed by atoms with E-state index < -0.39 is 29.3 Å². The summed E-state index contributed by atoms with van der Waals surface area (Å²) < 4.78 is 5.25. The zero-order valence-electron chi connectivity index (χ0n) is 19.7. The molecular weight excluding hydrogens is 448 g/mol. The number of methoxy groups -OCH3 is 1. The van der Waals surface area contributed by atoms with Crippen LogP contribution in [0.3, 0.4) is 0 Å². The molecule has 4 N–H and O–H groups in total. The van der Waals surface area contributed by atoms with Crippen LogP contribution in [0.5, 0.6) is 5.75 Å². The summed E-state index contributed by atoms with van der Waals surface area (Å²) >= 11 is 6.03. The average Bonchev–Trinajstić information content (AvgIpc) is 3.27. The van der Waals surface area contributed by atoms with E-state index in [9.17, 15) is 14.4 Å². The fourth-order valence-corrected chi connectivity index (χ4v) is 4.18. The number of hydrogen-bond donors (Lipinski definition) is 4. The standard InChI is InChI=1S/C23H35ClN4O5/c1-23(2,3)20(26-22(31)25-17-13-16(24)9-10-18(17)33-4)21(30)28(14-19(29)27-32)12-11-15-7-5-6-8-15/h9-10,13,15,20,32H,5-8,11-12,14H2,1-4H3,(H,27,29)(H2,25,26,31). The van der Waals surface area contributed by atoms with Crippen molar-refractivity contribution in [2.24, 2.45) is 11.3 Å². The number of halogens is 1. The van der Waals surface area contributed by atoms with Crippen molar-refractivity contribution in [3.8, 4) is 5.75 Å². The number of urea groups is 1. The van der Waals surface area contributed by atoms with E-state index in [1.165, 1.54) is 24.9 Å². The summed E-state index contributed by atoms with van der Waals surface area (Å²) in [6, 6.07) is 3.29. The lowest BCUT2D eigenvalue weighted by Gasteiger charge is -2.35. The van der Waals surface area contributed by atoms with Gasteiger partial charge in [0.15, 0.2) is 0 Å². The normalized spacial score (nSPS) is 15.0. The molecule has 1 aromatic rings. The van der Waals surface area contributed by atoms with Crippen LogP contribution in [0.2, 0.25) is 5.02 Å². The summed E-state index contributed by atoms with van der Waals surface area (Å²) in [5.41, 5.74) is 1.31. The maximum absolute atomic E-state index is 13.5. The van der Waals surface area contributed by atoms with Crippen molar-refractivity contribution in [1.82, 2.24) is 15.7 Å². The SMILES string of the molecule is COc1ccc(Cl)cc1NC(=O)NC(C(=O)N(CCC1CCCC1)CC(=O)NO)C(C)(C)C. The van der Waals surface area contributed by atoms with Crippen molar-refractivity contribution >= 4 is 35.1 Å². The highest BCUT2D eigenvalue weighted by Gasteiger charge is 2.36. The number of carbonyl (C=O) groups is 3. The van der Waals surface area contributed by atoms with Crippen LogP contribution in [0.1, 0.15) is 52.9 Å². The van der Waals surface area contributed by atoms with E-state index in [1.54, 1.807) is 23.7 Å². The molecule has 9 nitrogen and oxygen atoms in total. The van der Waals surface area contributed by atoms with Gasteiger partial charge in [-0.3, -0.25) is 14.8 Å². The van der Waals surface area contributed by atoms with Gasteiger partial charge in [0.05, 0.1) is 12.8 Å². The minimum Gasteiger partial charge on any atom is -0.495 e. The minimum atomic E-state index is -0.919. The summed E-state index contributed by atoms with van der Waals surface area (Å²) in [5, 5.41) is 14.8. The van der Waals surface area contributed by atoms with E-state index in [0.29, 0.717) is 28.9 Å². The van der Waals surface area contributed by atoms with Gasteiger partial charge in [-0.2, -0.15) is 0 Å². The number of nitrogens with one attached hydrogen (secondary N) is 3. The molecule has 0 heterocycles.